The number of sulfonamides is 2. The zero-order chi connectivity index (χ0) is 91.4. The highest BCUT2D eigenvalue weighted by molar-refractivity contribution is 7.92. The Labute approximate surface area is 701 Å². The number of anilines is 3. The smallest absolute Gasteiger partial charge is 0.337 e. The zero-order valence-corrected chi connectivity index (χ0v) is 67.6. The van der Waals surface area contributed by atoms with E-state index in [1.54, 1.807) is 30.3 Å². The standard InChI is InChI=1S/C16H15F2NO3S.C15H13F2NO4S.C15H11F2NO3.C15H13F2NO.C9H8ClFO.C8H6ClFO2.C8H7FO3/c1-10(20)16(11-4-3-5-13(17)8-11)12-6-7-15(14(18)9-12)19-23(2,21)22;1-23(21,22)18-13-6-5-10(8-12(13)17)14(15(19)20)9-3-2-4-11(16)7-9;1-9(19)15(10-3-2-4-12(16)7-10)11-5-6-14(18(20)21)13(17)8-11;1-9(19)15(10-3-2-4-12(16)7-10)11-5-6-14(18)13(17)8-11;1-6(12)9(10)7-3-2-4-8(11)5-7;9-7(8(11)12)5-2-1-3-6(10)4-5;9-6-3-1-2-5(4-6)7(10)8(11)12/h3-9,16,19H,1-2H3;2-8,14,18H,1H3,(H,19,20);2-8,15H,1H3;2-8,15H,18H2,1H3;2-5,9H,1H3;1-4,7H,(H,11,12);1-4,7,10H,(H,11,12). The first kappa shape index (κ1) is 99.5. The van der Waals surface area contributed by atoms with Gasteiger partial charge in [0, 0.05) is 6.07 Å². The monoisotopic (exact) mass is 1780 g/mol. The van der Waals surface area contributed by atoms with Crippen molar-refractivity contribution in [3.63, 3.8) is 0 Å². The van der Waals surface area contributed by atoms with Crippen molar-refractivity contribution in [2.24, 2.45) is 0 Å². The van der Waals surface area contributed by atoms with Crippen LogP contribution in [0, 0.1) is 74.1 Å². The number of carboxylic acid groups (broad SMARTS) is 3. The number of hydrogen-bond donors (Lipinski definition) is 7. The lowest BCUT2D eigenvalue weighted by Crippen LogP contribution is -2.15. The van der Waals surface area contributed by atoms with Crippen molar-refractivity contribution in [1.82, 2.24) is 0 Å². The molecule has 0 heterocycles. The van der Waals surface area contributed by atoms with Crippen molar-refractivity contribution < 1.29 is 124 Å². The third-order valence-corrected chi connectivity index (χ3v) is 18.7. The van der Waals surface area contributed by atoms with Crippen LogP contribution >= 0.6 is 23.2 Å². The Kier molecular flexibility index (Phi) is 37.5. The predicted molar refractivity (Wildman–Crippen MR) is 434 cm³/mol. The van der Waals surface area contributed by atoms with Gasteiger partial charge in [-0.25, -0.2) is 65.5 Å². The fourth-order valence-corrected chi connectivity index (χ4v) is 12.7. The number of Topliss-reactive ketones (excluding diaryl/α,β-unsaturated/α-hetero) is 4. The van der Waals surface area contributed by atoms with Crippen LogP contribution < -0.4 is 15.2 Å². The summed E-state index contributed by atoms with van der Waals surface area (Å²) in [5, 5.41) is 43.8. The summed E-state index contributed by atoms with van der Waals surface area (Å²) >= 11 is 11.1. The lowest BCUT2D eigenvalue weighted by Gasteiger charge is -2.16. The molecule has 642 valence electrons. The van der Waals surface area contributed by atoms with Gasteiger partial charge in [-0.2, -0.15) is 4.39 Å². The molecule has 11 rings (SSSR count). The number of nitrogens with one attached hydrogen (secondary N) is 2. The normalized spacial score (nSPS) is 12.4. The number of nitrogen functional groups attached to an aromatic ring is 1. The van der Waals surface area contributed by atoms with E-state index in [-0.39, 0.29) is 73.8 Å². The number of nitro groups is 1. The van der Waals surface area contributed by atoms with Gasteiger partial charge in [0.1, 0.15) is 86.8 Å². The van der Waals surface area contributed by atoms with Gasteiger partial charge in [-0.3, -0.25) is 48.3 Å². The summed E-state index contributed by atoms with van der Waals surface area (Å²) in [5.74, 6) is -15.3. The summed E-state index contributed by atoms with van der Waals surface area (Å²) in [6.07, 6.45) is 0.124. The van der Waals surface area contributed by atoms with E-state index in [4.69, 9.17) is 44.3 Å². The minimum absolute atomic E-state index is 0.0188. The summed E-state index contributed by atoms with van der Waals surface area (Å²) in [5.41, 5.74) is 7.58. The molecule has 7 unspecified atom stereocenters. The van der Waals surface area contributed by atoms with Crippen LogP contribution in [0.25, 0.3) is 0 Å². The van der Waals surface area contributed by atoms with Gasteiger partial charge in [-0.15, -0.1) is 23.2 Å². The third-order valence-electron chi connectivity index (χ3n) is 16.6. The van der Waals surface area contributed by atoms with Crippen LogP contribution in [0.5, 0.6) is 0 Å². The van der Waals surface area contributed by atoms with Crippen LogP contribution in [-0.4, -0.2) is 95.7 Å². The molecule has 0 spiro atoms. The minimum Gasteiger partial charge on any atom is -0.481 e. The van der Waals surface area contributed by atoms with Gasteiger partial charge in [-0.1, -0.05) is 109 Å². The van der Waals surface area contributed by atoms with Gasteiger partial charge in [0.15, 0.2) is 17.3 Å². The van der Waals surface area contributed by atoms with E-state index >= 15 is 0 Å². The first-order chi connectivity index (χ1) is 57.1. The lowest BCUT2D eigenvalue weighted by molar-refractivity contribution is -0.387. The van der Waals surface area contributed by atoms with Gasteiger partial charge in [0.25, 0.3) is 0 Å². The highest BCUT2D eigenvalue weighted by atomic mass is 35.5. The summed E-state index contributed by atoms with van der Waals surface area (Å²) in [4.78, 5) is 88.1. The van der Waals surface area contributed by atoms with Gasteiger partial charge >= 0.3 is 23.6 Å². The molecule has 7 atom stereocenters. The first-order valence-electron chi connectivity index (χ1n) is 35.0. The molecule has 0 fully saturated rings. The maximum Gasteiger partial charge on any atom is 0.337 e. The molecule has 0 bridgehead atoms. The van der Waals surface area contributed by atoms with Crippen molar-refractivity contribution in [3.05, 3.63) is 378 Å². The largest absolute Gasteiger partial charge is 0.481 e. The van der Waals surface area contributed by atoms with E-state index in [0.717, 1.165) is 61.0 Å². The molecule has 11 aromatic rings. The Morgan fingerprint density at radius 3 is 0.877 bits per heavy atom. The highest BCUT2D eigenvalue weighted by Gasteiger charge is 2.28. The number of nitrogens with zero attached hydrogens (tertiary/aromatic N) is 1. The number of carbonyl (C=O) groups excluding carboxylic acids is 4. The Hall–Kier alpha value is -13.0. The average molecular weight is 1780 g/mol. The van der Waals surface area contributed by atoms with E-state index in [2.05, 4.69) is 0 Å². The number of nitro benzene ring substituents is 1. The number of aliphatic hydroxyl groups is 1. The molecule has 0 amide bonds. The SMILES string of the molecule is CC(=O)C(Cl)c1cccc(F)c1.CC(=O)C(c1cccc(F)c1)c1ccc(N)c(F)c1.CC(=O)C(c1cccc(F)c1)c1ccc(NS(C)(=O)=O)c(F)c1.CC(=O)C(c1cccc(F)c1)c1ccc([N+](=O)[O-])c(F)c1.CS(=O)(=O)Nc1ccc(C(C(=O)O)c2cccc(F)c2)cc1F.O=C(O)C(Cl)c1cccc(F)c1.O=C(O)C(O)c1cccc(F)c1. The Morgan fingerprint density at radius 1 is 0.344 bits per heavy atom. The van der Waals surface area contributed by atoms with Crippen molar-refractivity contribution >= 4 is 107 Å². The number of benzene rings is 11. The molecule has 36 heteroatoms. The van der Waals surface area contributed by atoms with E-state index in [0.29, 0.717) is 33.4 Å². The summed E-state index contributed by atoms with van der Waals surface area (Å²) in [6.45, 7) is 5.40. The van der Waals surface area contributed by atoms with Crippen molar-refractivity contribution in [2.75, 3.05) is 27.7 Å². The number of halogens is 13. The first-order valence-corrected chi connectivity index (χ1v) is 39.7. The van der Waals surface area contributed by atoms with E-state index in [1.807, 2.05) is 9.44 Å². The Bertz CT molecular complexity index is 5580. The van der Waals surface area contributed by atoms with Crippen LogP contribution in [0.3, 0.4) is 0 Å². The Balaban J connectivity index is 0.000000257. The minimum atomic E-state index is -3.66. The zero-order valence-electron chi connectivity index (χ0n) is 64.5. The molecule has 0 saturated carbocycles. The number of hydrogen-bond acceptors (Lipinski definition) is 15. The molecule has 0 aromatic heterocycles. The molecule has 0 aliphatic rings. The molecule has 0 radical (unpaired) electrons. The number of rotatable bonds is 23. The molecule has 21 nitrogen and oxygen atoms in total. The van der Waals surface area contributed by atoms with Gasteiger partial charge in [0.05, 0.1) is 52.3 Å². The topological polar surface area (TPSA) is 362 Å². The highest BCUT2D eigenvalue weighted by Crippen LogP contribution is 2.35. The van der Waals surface area contributed by atoms with Crippen LogP contribution in [0.15, 0.2) is 243 Å². The number of carboxylic acids is 3. The lowest BCUT2D eigenvalue weighted by atomic mass is 9.88. The molecule has 122 heavy (non-hydrogen) atoms. The number of aliphatic carboxylic acids is 3. The van der Waals surface area contributed by atoms with Crippen LogP contribution in [0.2, 0.25) is 0 Å². The second kappa shape index (κ2) is 46.0. The maximum absolute atomic E-state index is 14.1. The summed E-state index contributed by atoms with van der Waals surface area (Å²) in [6, 6.07) is 52.0. The van der Waals surface area contributed by atoms with E-state index in [1.165, 1.54) is 191 Å². The molecule has 0 aliphatic heterocycles. The number of alkyl halides is 2. The van der Waals surface area contributed by atoms with Gasteiger partial charge in [0.2, 0.25) is 25.9 Å². The molecule has 0 aliphatic carbocycles. The van der Waals surface area contributed by atoms with Crippen LogP contribution in [0.4, 0.5) is 71.0 Å². The molecule has 11 aromatic carbocycles. The van der Waals surface area contributed by atoms with Crippen LogP contribution in [-0.2, 0) is 53.6 Å². The number of nitrogens with two attached hydrogens (primary N) is 1. The second-order valence-corrected chi connectivity index (χ2v) is 30.5. The third kappa shape index (κ3) is 31.6. The van der Waals surface area contributed by atoms with Gasteiger partial charge < -0.3 is 26.2 Å². The number of ketones is 4. The summed E-state index contributed by atoms with van der Waals surface area (Å²) in [7, 11) is -7.28. The number of aliphatic hydroxyl groups excluding tert-OH is 1. The molecular formula is C86H73Cl2F11N4O17S2. The second-order valence-electron chi connectivity index (χ2n) is 26.2. The fourth-order valence-electron chi connectivity index (χ4n) is 11.3. The van der Waals surface area contributed by atoms with E-state index < -0.39 is 147 Å². The van der Waals surface area contributed by atoms with Crippen molar-refractivity contribution in [2.45, 2.75) is 68.2 Å². The molecule has 8 N–H and O–H groups in total. The van der Waals surface area contributed by atoms with Crippen molar-refractivity contribution in [1.29, 1.82) is 0 Å². The van der Waals surface area contributed by atoms with E-state index in [9.17, 15) is 114 Å². The summed E-state index contributed by atoms with van der Waals surface area (Å²) < 4.78 is 195. The quantitative estimate of drug-likeness (QED) is 0.0103. The van der Waals surface area contributed by atoms with Crippen LogP contribution in [0.1, 0.15) is 129 Å². The average Bonchev–Trinajstić information content (AvgIpc) is 0.819. The predicted octanol–water partition coefficient (Wildman–Crippen LogP) is 18.3. The number of carbonyl (C=O) groups is 7. The molecular weight excluding hydrogens is 1700 g/mol. The van der Waals surface area contributed by atoms with Gasteiger partial charge in [-0.05, 0) is 216 Å². The molecule has 0 saturated heterocycles. The van der Waals surface area contributed by atoms with Crippen molar-refractivity contribution in [3.8, 4) is 0 Å². The fraction of sp³-hybridized carbons (Fsp3) is 0.151. The Morgan fingerprint density at radius 2 is 0.607 bits per heavy atom. The maximum atomic E-state index is 14.1.